The highest BCUT2D eigenvalue weighted by atomic mass is 32.2. The number of rotatable bonds is 8. The number of aromatic nitrogens is 4. The van der Waals surface area contributed by atoms with Gasteiger partial charge in [0.2, 0.25) is 10.0 Å². The Balaban J connectivity index is 1.90. The standard InChI is InChI=1S/C20H19F2N7O4S/c1-12-14(27-34(2,31)32)8-9-15(24-12)16-19(29(11-10-23)28-26-16)25-20(30)33-17(18(21)22)13-6-4-3-5-7-13/h3-9,17-18,27H,11H2,1-2H3,(H,25,30). The normalized spacial score (nSPS) is 12.1. The number of ether oxygens (including phenoxy) is 1. The van der Waals surface area contributed by atoms with E-state index in [0.29, 0.717) is 5.69 Å². The van der Waals surface area contributed by atoms with Gasteiger partial charge in [0.15, 0.2) is 17.6 Å². The Bertz CT molecular complexity index is 1320. The number of hydrogen-bond acceptors (Lipinski definition) is 8. The van der Waals surface area contributed by atoms with E-state index in [2.05, 4.69) is 25.3 Å². The van der Waals surface area contributed by atoms with Crippen LogP contribution >= 0.6 is 0 Å². The molecule has 14 heteroatoms. The third kappa shape index (κ3) is 6.01. The molecule has 0 spiro atoms. The van der Waals surface area contributed by atoms with Crippen LogP contribution < -0.4 is 10.0 Å². The first-order chi connectivity index (χ1) is 16.1. The zero-order valence-electron chi connectivity index (χ0n) is 17.9. The minimum atomic E-state index is -3.54. The van der Waals surface area contributed by atoms with Gasteiger partial charge in [-0.05, 0) is 24.6 Å². The second-order valence-corrected chi connectivity index (χ2v) is 8.75. The van der Waals surface area contributed by atoms with Gasteiger partial charge in [-0.1, -0.05) is 35.5 Å². The van der Waals surface area contributed by atoms with Gasteiger partial charge in [-0.3, -0.25) is 10.0 Å². The Labute approximate surface area is 193 Å². The van der Waals surface area contributed by atoms with E-state index in [-0.39, 0.29) is 35.0 Å². The van der Waals surface area contributed by atoms with Crippen LogP contribution in [0.5, 0.6) is 0 Å². The number of halogens is 2. The van der Waals surface area contributed by atoms with Gasteiger partial charge in [0, 0.05) is 0 Å². The molecule has 178 valence electrons. The summed E-state index contributed by atoms with van der Waals surface area (Å²) in [7, 11) is -3.54. The molecule has 1 atom stereocenters. The minimum Gasteiger partial charge on any atom is -0.435 e. The number of carbonyl (C=O) groups is 1. The van der Waals surface area contributed by atoms with Crippen molar-refractivity contribution in [2.45, 2.75) is 26.0 Å². The lowest BCUT2D eigenvalue weighted by molar-refractivity contribution is -0.0143. The van der Waals surface area contributed by atoms with Gasteiger partial charge in [-0.25, -0.2) is 31.7 Å². The highest BCUT2D eigenvalue weighted by Crippen LogP contribution is 2.29. The Morgan fingerprint density at radius 3 is 2.53 bits per heavy atom. The molecule has 11 nitrogen and oxygen atoms in total. The molecule has 0 radical (unpaired) electrons. The molecule has 0 aliphatic carbocycles. The number of hydrogen-bond donors (Lipinski definition) is 2. The number of pyridine rings is 1. The van der Waals surface area contributed by atoms with Crippen LogP contribution in [0.4, 0.5) is 25.1 Å². The minimum absolute atomic E-state index is 0.0227. The monoisotopic (exact) mass is 491 g/mol. The SMILES string of the molecule is Cc1nc(-c2nnn(CC#N)c2NC(=O)OC(c2ccccc2)C(F)F)ccc1NS(C)(=O)=O. The Hall–Kier alpha value is -4.12. The van der Waals surface area contributed by atoms with Crippen LogP contribution in [-0.4, -0.2) is 47.2 Å². The van der Waals surface area contributed by atoms with Crippen molar-refractivity contribution in [3.63, 3.8) is 0 Å². The van der Waals surface area contributed by atoms with Crippen LogP contribution in [0.3, 0.4) is 0 Å². The van der Waals surface area contributed by atoms with Gasteiger partial charge in [0.1, 0.15) is 6.54 Å². The molecule has 0 saturated heterocycles. The van der Waals surface area contributed by atoms with Crippen LogP contribution in [0.1, 0.15) is 17.4 Å². The van der Waals surface area contributed by atoms with E-state index in [9.17, 15) is 22.0 Å². The topological polar surface area (TPSA) is 152 Å². The van der Waals surface area contributed by atoms with E-state index < -0.39 is 28.6 Å². The van der Waals surface area contributed by atoms with Crippen molar-refractivity contribution in [2.24, 2.45) is 0 Å². The number of alkyl halides is 2. The maximum Gasteiger partial charge on any atom is 0.413 e. The highest BCUT2D eigenvalue weighted by Gasteiger charge is 2.28. The average molecular weight is 491 g/mol. The molecular weight excluding hydrogens is 472 g/mol. The highest BCUT2D eigenvalue weighted by molar-refractivity contribution is 7.92. The maximum atomic E-state index is 13.5. The zero-order chi connectivity index (χ0) is 24.9. The number of sulfonamides is 1. The number of carbonyl (C=O) groups excluding carboxylic acids is 1. The van der Waals surface area contributed by atoms with E-state index in [1.54, 1.807) is 13.0 Å². The van der Waals surface area contributed by atoms with E-state index in [1.807, 2.05) is 6.07 Å². The molecule has 2 N–H and O–H groups in total. The molecule has 0 saturated carbocycles. The fourth-order valence-corrected chi connectivity index (χ4v) is 3.55. The maximum absolute atomic E-state index is 13.5. The summed E-state index contributed by atoms with van der Waals surface area (Å²) in [6.07, 6.45) is -5.05. The van der Waals surface area contributed by atoms with Crippen LogP contribution in [0.15, 0.2) is 42.5 Å². The van der Waals surface area contributed by atoms with Crippen LogP contribution in [0, 0.1) is 18.3 Å². The first kappa shape index (κ1) is 24.5. The predicted octanol–water partition coefficient (Wildman–Crippen LogP) is 3.10. The van der Waals surface area contributed by atoms with Gasteiger partial charge >= 0.3 is 6.09 Å². The number of amides is 1. The zero-order valence-corrected chi connectivity index (χ0v) is 18.8. The number of nitrogens with zero attached hydrogens (tertiary/aromatic N) is 5. The third-order valence-electron chi connectivity index (χ3n) is 4.39. The fraction of sp³-hybridized carbons (Fsp3) is 0.250. The van der Waals surface area contributed by atoms with Gasteiger partial charge in [-0.15, -0.1) is 5.10 Å². The lowest BCUT2D eigenvalue weighted by Crippen LogP contribution is -2.23. The summed E-state index contributed by atoms with van der Waals surface area (Å²) in [6.45, 7) is 1.23. The van der Waals surface area contributed by atoms with Gasteiger partial charge < -0.3 is 4.74 Å². The van der Waals surface area contributed by atoms with E-state index in [1.165, 1.54) is 36.4 Å². The van der Waals surface area contributed by atoms with Gasteiger partial charge in [-0.2, -0.15) is 5.26 Å². The summed E-state index contributed by atoms with van der Waals surface area (Å²) >= 11 is 0. The Kier molecular flexibility index (Phi) is 7.37. The summed E-state index contributed by atoms with van der Waals surface area (Å²) in [5.74, 6) is -0.108. The molecule has 34 heavy (non-hydrogen) atoms. The summed E-state index contributed by atoms with van der Waals surface area (Å²) in [4.78, 5) is 16.8. The molecule has 1 aromatic carbocycles. The molecule has 3 aromatic rings. The number of nitrogens with one attached hydrogen (secondary N) is 2. The van der Waals surface area contributed by atoms with E-state index in [4.69, 9.17) is 10.00 Å². The van der Waals surface area contributed by atoms with Gasteiger partial charge in [0.05, 0.1) is 29.4 Å². The summed E-state index contributed by atoms with van der Waals surface area (Å²) < 4.78 is 58.3. The van der Waals surface area contributed by atoms with Crippen molar-refractivity contribution in [2.75, 3.05) is 16.3 Å². The number of aryl methyl sites for hydroxylation is 1. The smallest absolute Gasteiger partial charge is 0.413 e. The molecule has 2 aromatic heterocycles. The third-order valence-corrected chi connectivity index (χ3v) is 4.98. The van der Waals surface area contributed by atoms with Crippen molar-refractivity contribution >= 4 is 27.6 Å². The van der Waals surface area contributed by atoms with Crippen LogP contribution in [0.25, 0.3) is 11.4 Å². The van der Waals surface area contributed by atoms with Gasteiger partial charge in [0.25, 0.3) is 6.43 Å². The van der Waals surface area contributed by atoms with E-state index >= 15 is 0 Å². The Morgan fingerprint density at radius 1 is 1.24 bits per heavy atom. The number of nitriles is 1. The lowest BCUT2D eigenvalue weighted by atomic mass is 10.1. The Morgan fingerprint density at radius 2 is 1.94 bits per heavy atom. The second-order valence-electron chi connectivity index (χ2n) is 7.00. The molecule has 0 aliphatic heterocycles. The van der Waals surface area contributed by atoms with Crippen molar-refractivity contribution in [1.82, 2.24) is 20.0 Å². The first-order valence-electron chi connectivity index (χ1n) is 9.66. The average Bonchev–Trinajstić information content (AvgIpc) is 3.15. The fourth-order valence-electron chi connectivity index (χ4n) is 2.94. The molecule has 0 bridgehead atoms. The molecule has 1 unspecified atom stereocenters. The molecule has 0 fully saturated rings. The van der Waals surface area contributed by atoms with Crippen molar-refractivity contribution in [1.29, 1.82) is 5.26 Å². The number of anilines is 2. The lowest BCUT2D eigenvalue weighted by Gasteiger charge is -2.18. The molecule has 1 amide bonds. The van der Waals surface area contributed by atoms with Crippen LogP contribution in [-0.2, 0) is 21.3 Å². The largest absolute Gasteiger partial charge is 0.435 e. The molecular formula is C20H19F2N7O4S. The number of benzene rings is 1. The van der Waals surface area contributed by atoms with Crippen molar-refractivity contribution in [3.05, 3.63) is 53.7 Å². The molecule has 0 aliphatic rings. The van der Waals surface area contributed by atoms with Crippen molar-refractivity contribution < 1.29 is 26.7 Å². The van der Waals surface area contributed by atoms with Crippen molar-refractivity contribution in [3.8, 4) is 17.5 Å². The summed E-state index contributed by atoms with van der Waals surface area (Å²) in [5, 5.41) is 19.1. The quantitative estimate of drug-likeness (QED) is 0.488. The summed E-state index contributed by atoms with van der Waals surface area (Å²) in [5.41, 5.74) is 0.835. The molecule has 3 rings (SSSR count). The first-order valence-corrected chi connectivity index (χ1v) is 11.5. The summed E-state index contributed by atoms with van der Waals surface area (Å²) in [6, 6.07) is 12.2. The second kappa shape index (κ2) is 10.2. The van der Waals surface area contributed by atoms with Crippen LogP contribution in [0.2, 0.25) is 0 Å². The van der Waals surface area contributed by atoms with E-state index in [0.717, 1.165) is 10.9 Å². The predicted molar refractivity (Wildman–Crippen MR) is 117 cm³/mol. The molecule has 2 heterocycles.